The molecule has 1 heterocycles. The Bertz CT molecular complexity index is 955. The normalized spacial score (nSPS) is 18.0. The van der Waals surface area contributed by atoms with E-state index in [-0.39, 0.29) is 18.0 Å². The fourth-order valence-corrected chi connectivity index (χ4v) is 4.16. The molecule has 2 aromatic carbocycles. The number of nitrogens with zero attached hydrogens (tertiary/aromatic N) is 2. The maximum Gasteiger partial charge on any atom is 0.242 e. The van der Waals surface area contributed by atoms with Crippen molar-refractivity contribution in [3.05, 3.63) is 58.3 Å². The molecule has 0 spiro atoms. The quantitative estimate of drug-likeness (QED) is 0.703. The number of aliphatic imine (C=N–C) groups is 1. The molecule has 1 aliphatic heterocycles. The van der Waals surface area contributed by atoms with Gasteiger partial charge in [0.25, 0.3) is 0 Å². The van der Waals surface area contributed by atoms with Gasteiger partial charge in [-0.25, -0.2) is 9.38 Å². The predicted octanol–water partition coefficient (Wildman–Crippen LogP) is 5.11. The van der Waals surface area contributed by atoms with Gasteiger partial charge in [-0.05, 0) is 37.3 Å². The highest BCUT2D eigenvalue weighted by molar-refractivity contribution is 8.15. The van der Waals surface area contributed by atoms with Crippen LogP contribution < -0.4 is 5.32 Å². The highest BCUT2D eigenvalue weighted by atomic mass is 35.5. The Morgan fingerprint density at radius 1 is 1.29 bits per heavy atom. The number of para-hydroxylation sites is 1. The molecule has 1 atom stereocenters. The number of thioether (sulfide) groups is 1. The lowest BCUT2D eigenvalue weighted by Crippen LogP contribution is -2.33. The SMILES string of the molecule is CCN1C(=O)[C@H](CC(=O)Nc2ccccc2F)SC1=Nc1cc(Cl)ccc1Cl. The summed E-state index contributed by atoms with van der Waals surface area (Å²) in [4.78, 5) is 30.9. The topological polar surface area (TPSA) is 61.8 Å². The first kappa shape index (κ1) is 20.6. The minimum atomic E-state index is -0.650. The number of anilines is 1. The van der Waals surface area contributed by atoms with Crippen LogP contribution in [0.4, 0.5) is 15.8 Å². The Morgan fingerprint density at radius 3 is 2.75 bits per heavy atom. The van der Waals surface area contributed by atoms with Crippen LogP contribution >= 0.6 is 35.0 Å². The van der Waals surface area contributed by atoms with Gasteiger partial charge in [-0.15, -0.1) is 0 Å². The largest absolute Gasteiger partial charge is 0.324 e. The summed E-state index contributed by atoms with van der Waals surface area (Å²) in [6.07, 6.45) is -0.101. The summed E-state index contributed by atoms with van der Waals surface area (Å²) < 4.78 is 13.7. The van der Waals surface area contributed by atoms with Crippen molar-refractivity contribution in [2.24, 2.45) is 4.99 Å². The molecule has 1 fully saturated rings. The van der Waals surface area contributed by atoms with Crippen LogP contribution in [0.1, 0.15) is 13.3 Å². The van der Waals surface area contributed by atoms with Crippen molar-refractivity contribution in [2.75, 3.05) is 11.9 Å². The molecule has 0 saturated carbocycles. The molecular formula is C19H16Cl2FN3O2S. The molecule has 28 heavy (non-hydrogen) atoms. The van der Waals surface area contributed by atoms with Crippen LogP contribution in [0.3, 0.4) is 0 Å². The monoisotopic (exact) mass is 439 g/mol. The second-order valence-corrected chi connectivity index (χ2v) is 7.92. The number of hydrogen-bond donors (Lipinski definition) is 1. The number of nitrogens with one attached hydrogen (secondary N) is 1. The zero-order chi connectivity index (χ0) is 20.3. The van der Waals surface area contributed by atoms with E-state index in [4.69, 9.17) is 23.2 Å². The van der Waals surface area contributed by atoms with Crippen molar-refractivity contribution in [2.45, 2.75) is 18.6 Å². The van der Waals surface area contributed by atoms with E-state index in [1.54, 1.807) is 24.3 Å². The second kappa shape index (κ2) is 8.94. The first-order valence-corrected chi connectivity index (χ1v) is 10.1. The van der Waals surface area contributed by atoms with Crippen molar-refractivity contribution in [1.29, 1.82) is 0 Å². The lowest BCUT2D eigenvalue weighted by molar-refractivity contribution is -0.128. The highest BCUT2D eigenvalue weighted by Gasteiger charge is 2.38. The highest BCUT2D eigenvalue weighted by Crippen LogP contribution is 2.35. The van der Waals surface area contributed by atoms with Gasteiger partial charge < -0.3 is 5.32 Å². The summed E-state index contributed by atoms with van der Waals surface area (Å²) >= 11 is 13.3. The summed E-state index contributed by atoms with van der Waals surface area (Å²) in [5.41, 5.74) is 0.522. The van der Waals surface area contributed by atoms with Crippen molar-refractivity contribution in [3.8, 4) is 0 Å². The van der Waals surface area contributed by atoms with Crippen molar-refractivity contribution in [3.63, 3.8) is 0 Å². The van der Waals surface area contributed by atoms with E-state index >= 15 is 0 Å². The number of hydrogen-bond acceptors (Lipinski definition) is 4. The zero-order valence-electron chi connectivity index (χ0n) is 14.8. The Kier molecular flexibility index (Phi) is 6.59. The third-order valence-electron chi connectivity index (χ3n) is 3.98. The van der Waals surface area contributed by atoms with E-state index in [2.05, 4.69) is 10.3 Å². The zero-order valence-corrected chi connectivity index (χ0v) is 17.1. The lowest BCUT2D eigenvalue weighted by atomic mass is 10.2. The smallest absolute Gasteiger partial charge is 0.242 e. The number of rotatable bonds is 5. The van der Waals surface area contributed by atoms with E-state index in [1.807, 2.05) is 6.92 Å². The molecule has 2 amide bonds. The van der Waals surface area contributed by atoms with Crippen LogP contribution in [0.5, 0.6) is 0 Å². The third kappa shape index (κ3) is 4.66. The number of amidine groups is 1. The molecule has 0 aromatic heterocycles. The van der Waals surface area contributed by atoms with Gasteiger partial charge in [-0.1, -0.05) is 47.1 Å². The van der Waals surface area contributed by atoms with E-state index in [0.29, 0.717) is 27.4 Å². The molecule has 0 unspecified atom stereocenters. The average Bonchev–Trinajstić information content (AvgIpc) is 2.94. The summed E-state index contributed by atoms with van der Waals surface area (Å²) in [5.74, 6) is -1.21. The van der Waals surface area contributed by atoms with Crippen LogP contribution in [0.15, 0.2) is 47.5 Å². The Hall–Kier alpha value is -2.09. The fourth-order valence-electron chi connectivity index (χ4n) is 2.62. The Morgan fingerprint density at radius 2 is 2.04 bits per heavy atom. The number of carbonyl (C=O) groups excluding carboxylic acids is 2. The first-order chi connectivity index (χ1) is 13.4. The first-order valence-electron chi connectivity index (χ1n) is 8.45. The number of benzene rings is 2. The minimum Gasteiger partial charge on any atom is -0.324 e. The van der Waals surface area contributed by atoms with Gasteiger partial charge >= 0.3 is 0 Å². The maximum atomic E-state index is 13.7. The van der Waals surface area contributed by atoms with Gasteiger partial charge in [-0.3, -0.25) is 14.5 Å². The van der Waals surface area contributed by atoms with E-state index in [1.165, 1.54) is 34.9 Å². The summed E-state index contributed by atoms with van der Waals surface area (Å²) in [6.45, 7) is 2.21. The molecule has 146 valence electrons. The van der Waals surface area contributed by atoms with E-state index < -0.39 is 17.0 Å². The number of halogens is 3. The maximum absolute atomic E-state index is 13.7. The molecule has 1 N–H and O–H groups in total. The van der Waals surface area contributed by atoms with Gasteiger partial charge in [-0.2, -0.15) is 0 Å². The molecule has 1 saturated heterocycles. The molecule has 0 bridgehead atoms. The van der Waals surface area contributed by atoms with Gasteiger partial charge in [0.1, 0.15) is 11.1 Å². The molecule has 0 aliphatic carbocycles. The lowest BCUT2D eigenvalue weighted by Gasteiger charge is -2.13. The van der Waals surface area contributed by atoms with E-state index in [0.717, 1.165) is 0 Å². The number of amides is 2. The standard InChI is InChI=1S/C19H16Cl2FN3O2S/c1-2-25-18(27)16(10-17(26)23-14-6-4-3-5-13(14)22)28-19(25)24-15-9-11(20)7-8-12(15)21/h3-9,16H,2,10H2,1H3,(H,23,26)/t16-/m0/s1. The molecule has 1 aliphatic rings. The van der Waals surface area contributed by atoms with E-state index in [9.17, 15) is 14.0 Å². The van der Waals surface area contributed by atoms with Gasteiger partial charge in [0.2, 0.25) is 11.8 Å². The van der Waals surface area contributed by atoms with Gasteiger partial charge in [0.15, 0.2) is 5.17 Å². The Balaban J connectivity index is 1.76. The molecule has 2 aromatic rings. The summed E-state index contributed by atoms with van der Waals surface area (Å²) in [7, 11) is 0. The van der Waals surface area contributed by atoms with Crippen LogP contribution in [-0.2, 0) is 9.59 Å². The summed E-state index contributed by atoms with van der Waals surface area (Å²) in [5, 5.41) is 3.17. The van der Waals surface area contributed by atoms with Gasteiger partial charge in [0, 0.05) is 18.0 Å². The van der Waals surface area contributed by atoms with Crippen molar-refractivity contribution in [1.82, 2.24) is 4.90 Å². The molecular weight excluding hydrogens is 424 g/mol. The van der Waals surface area contributed by atoms with Crippen LogP contribution in [-0.4, -0.2) is 33.7 Å². The predicted molar refractivity (Wildman–Crippen MR) is 112 cm³/mol. The minimum absolute atomic E-state index is 0.0786. The number of carbonyl (C=O) groups is 2. The van der Waals surface area contributed by atoms with Crippen molar-refractivity contribution >= 4 is 63.3 Å². The molecule has 5 nitrogen and oxygen atoms in total. The van der Waals surface area contributed by atoms with Crippen LogP contribution in [0, 0.1) is 5.82 Å². The second-order valence-electron chi connectivity index (χ2n) is 5.91. The molecule has 0 radical (unpaired) electrons. The summed E-state index contributed by atoms with van der Waals surface area (Å²) in [6, 6.07) is 10.7. The molecule has 3 rings (SSSR count). The van der Waals surface area contributed by atoms with Crippen LogP contribution in [0.25, 0.3) is 0 Å². The Labute approximate surface area is 175 Å². The van der Waals surface area contributed by atoms with Crippen molar-refractivity contribution < 1.29 is 14.0 Å². The average molecular weight is 440 g/mol. The van der Waals surface area contributed by atoms with Gasteiger partial charge in [0.05, 0.1) is 16.4 Å². The molecule has 9 heteroatoms. The third-order valence-corrected chi connectivity index (χ3v) is 5.71. The fraction of sp³-hybridized carbons (Fsp3) is 0.211. The van der Waals surface area contributed by atoms with Crippen LogP contribution in [0.2, 0.25) is 10.0 Å².